The van der Waals surface area contributed by atoms with Crippen LogP contribution in [0.1, 0.15) is 26.3 Å². The number of hydrogen-bond acceptors (Lipinski definition) is 4. The van der Waals surface area contributed by atoms with E-state index in [1.165, 1.54) is 6.33 Å². The van der Waals surface area contributed by atoms with E-state index in [4.69, 9.17) is 11.2 Å². The Morgan fingerprint density at radius 1 is 1.50 bits per heavy atom. The molecule has 1 N–H and O–H groups in total. The highest BCUT2D eigenvalue weighted by atomic mass is 16.5. The summed E-state index contributed by atoms with van der Waals surface area (Å²) in [5, 5.41) is 3.17. The Kier molecular flexibility index (Phi) is 3.73. The predicted molar refractivity (Wildman–Crippen MR) is 64.5 cm³/mol. The minimum atomic E-state index is -0.442. The van der Waals surface area contributed by atoms with Gasteiger partial charge in [0.25, 0.3) is 0 Å². The molecule has 0 amide bonds. The van der Waals surface area contributed by atoms with Crippen LogP contribution >= 0.6 is 0 Å². The molecule has 0 aliphatic carbocycles. The van der Waals surface area contributed by atoms with Gasteiger partial charge in [-0.2, -0.15) is 0 Å². The van der Waals surface area contributed by atoms with E-state index < -0.39 is 5.54 Å². The average Bonchev–Trinajstić information content (AvgIpc) is 2.24. The van der Waals surface area contributed by atoms with Crippen LogP contribution in [-0.4, -0.2) is 22.1 Å². The molecule has 0 saturated carbocycles. The van der Waals surface area contributed by atoms with Crippen molar-refractivity contribution in [1.29, 1.82) is 0 Å². The van der Waals surface area contributed by atoms with Crippen LogP contribution in [-0.2, 0) is 0 Å². The lowest BCUT2D eigenvalue weighted by Crippen LogP contribution is -2.29. The molecule has 0 unspecified atom stereocenters. The van der Waals surface area contributed by atoms with E-state index in [9.17, 15) is 0 Å². The molecule has 0 aromatic carbocycles. The second-order valence-corrected chi connectivity index (χ2v) is 3.98. The average molecular weight is 219 g/mol. The van der Waals surface area contributed by atoms with Crippen LogP contribution in [0.3, 0.4) is 0 Å². The summed E-state index contributed by atoms with van der Waals surface area (Å²) in [6.45, 7) is 8.22. The van der Waals surface area contributed by atoms with Crippen LogP contribution in [0.25, 0.3) is 0 Å². The van der Waals surface area contributed by atoms with Gasteiger partial charge in [-0.15, -0.1) is 6.42 Å². The molecule has 1 aromatic heterocycles. The van der Waals surface area contributed by atoms with Crippen LogP contribution in [0.4, 0.5) is 5.82 Å². The van der Waals surface area contributed by atoms with E-state index in [1.54, 1.807) is 0 Å². The molecule has 1 rings (SSSR count). The predicted octanol–water partition coefficient (Wildman–Crippen LogP) is 2.01. The minimum Gasteiger partial charge on any atom is -0.478 e. The Hall–Kier alpha value is -1.76. The van der Waals surface area contributed by atoms with Crippen molar-refractivity contribution in [2.24, 2.45) is 0 Å². The summed E-state index contributed by atoms with van der Waals surface area (Å²) in [6.07, 6.45) is 6.88. The zero-order valence-corrected chi connectivity index (χ0v) is 10.2. The largest absolute Gasteiger partial charge is 0.478 e. The molecular formula is C12H17N3O. The fraction of sp³-hybridized carbons (Fsp3) is 0.500. The molecule has 0 aliphatic heterocycles. The smallest absolute Gasteiger partial charge is 0.221 e. The number of nitrogens with zero attached hydrogens (tertiary/aromatic N) is 2. The topological polar surface area (TPSA) is 47.0 Å². The third-order valence-corrected chi connectivity index (χ3v) is 2.11. The van der Waals surface area contributed by atoms with Gasteiger partial charge in [-0.25, -0.2) is 9.97 Å². The van der Waals surface area contributed by atoms with Crippen molar-refractivity contribution in [3.63, 3.8) is 0 Å². The zero-order valence-electron chi connectivity index (χ0n) is 10.2. The highest BCUT2D eigenvalue weighted by Gasteiger charge is 2.17. The van der Waals surface area contributed by atoms with E-state index in [2.05, 4.69) is 21.2 Å². The molecule has 16 heavy (non-hydrogen) atoms. The SMILES string of the molecule is C#CC(C)(C)Nc1ncnc(OCC)c1C. The lowest BCUT2D eigenvalue weighted by Gasteiger charge is -2.21. The molecule has 0 saturated heterocycles. The maximum atomic E-state index is 5.41. The van der Waals surface area contributed by atoms with Crippen molar-refractivity contribution in [3.05, 3.63) is 11.9 Å². The molecular weight excluding hydrogens is 202 g/mol. The van der Waals surface area contributed by atoms with Crippen LogP contribution in [0.5, 0.6) is 5.88 Å². The zero-order chi connectivity index (χ0) is 12.2. The van der Waals surface area contributed by atoms with E-state index >= 15 is 0 Å². The Balaban J connectivity index is 2.98. The van der Waals surface area contributed by atoms with Crippen LogP contribution < -0.4 is 10.1 Å². The van der Waals surface area contributed by atoms with Gasteiger partial charge in [-0.3, -0.25) is 0 Å². The van der Waals surface area contributed by atoms with Crippen LogP contribution in [0.15, 0.2) is 6.33 Å². The summed E-state index contributed by atoms with van der Waals surface area (Å²) in [7, 11) is 0. The lowest BCUT2D eigenvalue weighted by molar-refractivity contribution is 0.323. The van der Waals surface area contributed by atoms with Gasteiger partial charge in [0.2, 0.25) is 5.88 Å². The van der Waals surface area contributed by atoms with Crippen molar-refractivity contribution in [2.75, 3.05) is 11.9 Å². The third-order valence-electron chi connectivity index (χ3n) is 2.11. The molecule has 0 fully saturated rings. The molecule has 86 valence electrons. The first kappa shape index (κ1) is 12.3. The van der Waals surface area contributed by atoms with Crippen molar-refractivity contribution in [2.45, 2.75) is 33.2 Å². The first-order chi connectivity index (χ1) is 7.50. The molecule has 0 atom stereocenters. The number of rotatable bonds is 4. The summed E-state index contributed by atoms with van der Waals surface area (Å²) in [6, 6.07) is 0. The standard InChI is InChI=1S/C12H17N3O/c1-6-12(4,5)15-10-9(3)11(16-7-2)14-8-13-10/h1,8H,7H2,2-5H3,(H,13,14,15). The van der Waals surface area contributed by atoms with Gasteiger partial charge in [0.15, 0.2) is 0 Å². The molecule has 0 radical (unpaired) electrons. The van der Waals surface area contributed by atoms with E-state index in [0.29, 0.717) is 18.3 Å². The molecule has 0 bridgehead atoms. The normalized spacial score (nSPS) is 10.7. The number of terminal acetylenes is 1. The van der Waals surface area contributed by atoms with Crippen LogP contribution in [0, 0.1) is 19.3 Å². The van der Waals surface area contributed by atoms with E-state index in [1.807, 2.05) is 27.7 Å². The van der Waals surface area contributed by atoms with Gasteiger partial charge in [0.05, 0.1) is 17.7 Å². The summed E-state index contributed by atoms with van der Waals surface area (Å²) < 4.78 is 5.38. The minimum absolute atomic E-state index is 0.442. The Morgan fingerprint density at radius 2 is 2.19 bits per heavy atom. The summed E-state index contributed by atoms with van der Waals surface area (Å²) in [5.41, 5.74) is 0.426. The van der Waals surface area contributed by atoms with Crippen molar-refractivity contribution < 1.29 is 4.74 Å². The summed E-state index contributed by atoms with van der Waals surface area (Å²) >= 11 is 0. The number of nitrogens with one attached hydrogen (secondary N) is 1. The van der Waals surface area contributed by atoms with Gasteiger partial charge < -0.3 is 10.1 Å². The summed E-state index contributed by atoms with van der Waals surface area (Å²) in [5.74, 6) is 3.96. The number of ether oxygens (including phenoxy) is 1. The highest BCUT2D eigenvalue weighted by molar-refractivity contribution is 5.50. The molecule has 0 aliphatic rings. The fourth-order valence-electron chi connectivity index (χ4n) is 1.17. The van der Waals surface area contributed by atoms with E-state index in [0.717, 1.165) is 5.56 Å². The van der Waals surface area contributed by atoms with Gasteiger partial charge in [-0.05, 0) is 27.7 Å². The first-order valence-electron chi connectivity index (χ1n) is 5.20. The maximum Gasteiger partial charge on any atom is 0.221 e. The lowest BCUT2D eigenvalue weighted by atomic mass is 10.1. The molecule has 1 heterocycles. The highest BCUT2D eigenvalue weighted by Crippen LogP contribution is 2.22. The second-order valence-electron chi connectivity index (χ2n) is 3.98. The number of aromatic nitrogens is 2. The van der Waals surface area contributed by atoms with Crippen LogP contribution in [0.2, 0.25) is 0 Å². The second kappa shape index (κ2) is 4.84. The quantitative estimate of drug-likeness (QED) is 0.787. The van der Waals surface area contributed by atoms with Gasteiger partial charge in [0.1, 0.15) is 12.1 Å². The Morgan fingerprint density at radius 3 is 2.75 bits per heavy atom. The van der Waals surface area contributed by atoms with Crippen molar-refractivity contribution in [1.82, 2.24) is 9.97 Å². The monoisotopic (exact) mass is 219 g/mol. The first-order valence-corrected chi connectivity index (χ1v) is 5.20. The number of anilines is 1. The molecule has 4 nitrogen and oxygen atoms in total. The number of hydrogen-bond donors (Lipinski definition) is 1. The summed E-state index contributed by atoms with van der Waals surface area (Å²) in [4.78, 5) is 8.22. The molecule has 4 heteroatoms. The van der Waals surface area contributed by atoms with Crippen molar-refractivity contribution >= 4 is 5.82 Å². The molecule has 0 spiro atoms. The maximum absolute atomic E-state index is 5.41. The van der Waals surface area contributed by atoms with Gasteiger partial charge in [0, 0.05) is 0 Å². The third kappa shape index (κ3) is 2.86. The van der Waals surface area contributed by atoms with E-state index in [-0.39, 0.29) is 0 Å². The Bertz CT molecular complexity index is 407. The Labute approximate surface area is 96.5 Å². The van der Waals surface area contributed by atoms with Gasteiger partial charge in [-0.1, -0.05) is 5.92 Å². The van der Waals surface area contributed by atoms with Crippen molar-refractivity contribution in [3.8, 4) is 18.2 Å². The van der Waals surface area contributed by atoms with Gasteiger partial charge >= 0.3 is 0 Å². The molecule has 1 aromatic rings. The fourth-order valence-corrected chi connectivity index (χ4v) is 1.17.